The first-order chi connectivity index (χ1) is 10.6. The zero-order chi connectivity index (χ0) is 15.6. The maximum Gasteiger partial charge on any atom is 0.310 e. The summed E-state index contributed by atoms with van der Waals surface area (Å²) < 4.78 is 16.2. The highest BCUT2D eigenvalue weighted by molar-refractivity contribution is 5.80. The molecule has 1 aliphatic carbocycles. The Bertz CT molecular complexity index is 422. The van der Waals surface area contributed by atoms with E-state index in [1.54, 1.807) is 0 Å². The highest BCUT2D eigenvalue weighted by Gasteiger charge is 2.43. The predicted octanol–water partition coefficient (Wildman–Crippen LogP) is 1.33. The first-order valence-electron chi connectivity index (χ1n) is 8.28. The van der Waals surface area contributed by atoms with Crippen LogP contribution in [0.3, 0.4) is 0 Å². The molecule has 1 spiro atoms. The van der Waals surface area contributed by atoms with E-state index in [1.165, 1.54) is 7.11 Å². The molecule has 124 valence electrons. The third kappa shape index (κ3) is 3.13. The van der Waals surface area contributed by atoms with E-state index in [0.29, 0.717) is 19.8 Å². The first kappa shape index (κ1) is 15.7. The molecule has 6 nitrogen and oxygen atoms in total. The molecular formula is C16H25NO5. The van der Waals surface area contributed by atoms with Crippen LogP contribution in [-0.2, 0) is 23.8 Å². The SMILES string of the molecule is COC(=O)C1CCCN(C(=O)C2CCC3(CC2)OCCO3)C1. The molecule has 2 heterocycles. The minimum atomic E-state index is -0.423. The van der Waals surface area contributed by atoms with Gasteiger partial charge >= 0.3 is 5.97 Å². The molecule has 1 amide bonds. The smallest absolute Gasteiger partial charge is 0.310 e. The molecule has 0 bridgehead atoms. The third-order valence-corrected chi connectivity index (χ3v) is 5.18. The van der Waals surface area contributed by atoms with Crippen LogP contribution in [0.1, 0.15) is 38.5 Å². The van der Waals surface area contributed by atoms with Crippen molar-refractivity contribution in [2.75, 3.05) is 33.4 Å². The molecule has 0 aromatic carbocycles. The van der Waals surface area contributed by atoms with Crippen molar-refractivity contribution in [3.63, 3.8) is 0 Å². The number of esters is 1. The molecule has 0 N–H and O–H groups in total. The fraction of sp³-hybridized carbons (Fsp3) is 0.875. The maximum atomic E-state index is 12.7. The summed E-state index contributed by atoms with van der Waals surface area (Å²) in [7, 11) is 1.41. The molecule has 1 saturated carbocycles. The molecule has 1 atom stereocenters. The number of hydrogen-bond donors (Lipinski definition) is 0. The Morgan fingerprint density at radius 3 is 2.41 bits per heavy atom. The number of amides is 1. The van der Waals surface area contributed by atoms with Gasteiger partial charge in [-0.1, -0.05) is 0 Å². The zero-order valence-electron chi connectivity index (χ0n) is 13.2. The number of rotatable bonds is 2. The van der Waals surface area contributed by atoms with Crippen LogP contribution in [0.4, 0.5) is 0 Å². The van der Waals surface area contributed by atoms with Crippen molar-refractivity contribution in [1.82, 2.24) is 4.90 Å². The Morgan fingerprint density at radius 2 is 1.77 bits per heavy atom. The number of likely N-dealkylation sites (tertiary alicyclic amines) is 1. The number of ether oxygens (including phenoxy) is 3. The summed E-state index contributed by atoms with van der Waals surface area (Å²) in [6.45, 7) is 2.57. The van der Waals surface area contributed by atoms with Crippen LogP contribution in [-0.4, -0.2) is 56.0 Å². The molecule has 2 aliphatic heterocycles. The van der Waals surface area contributed by atoms with Gasteiger partial charge in [-0.15, -0.1) is 0 Å². The number of methoxy groups -OCH3 is 1. The minimum absolute atomic E-state index is 0.0369. The van der Waals surface area contributed by atoms with Gasteiger partial charge in [0, 0.05) is 31.8 Å². The molecule has 3 rings (SSSR count). The van der Waals surface area contributed by atoms with Gasteiger partial charge in [0.1, 0.15) is 0 Å². The van der Waals surface area contributed by atoms with E-state index < -0.39 is 5.79 Å². The first-order valence-corrected chi connectivity index (χ1v) is 8.28. The average molecular weight is 311 g/mol. The maximum absolute atomic E-state index is 12.7. The predicted molar refractivity (Wildman–Crippen MR) is 77.9 cm³/mol. The zero-order valence-corrected chi connectivity index (χ0v) is 13.2. The summed E-state index contributed by atoms with van der Waals surface area (Å²) in [6.07, 6.45) is 4.87. The van der Waals surface area contributed by atoms with E-state index in [-0.39, 0.29) is 23.7 Å². The molecular weight excluding hydrogens is 286 g/mol. The molecule has 0 radical (unpaired) electrons. The van der Waals surface area contributed by atoms with E-state index in [1.807, 2.05) is 4.90 Å². The van der Waals surface area contributed by atoms with Gasteiger partial charge in [-0.25, -0.2) is 0 Å². The largest absolute Gasteiger partial charge is 0.469 e. The quantitative estimate of drug-likeness (QED) is 0.720. The fourth-order valence-corrected chi connectivity index (χ4v) is 3.88. The summed E-state index contributed by atoms with van der Waals surface area (Å²) in [5.74, 6) is -0.573. The molecule has 1 unspecified atom stereocenters. The van der Waals surface area contributed by atoms with Gasteiger partial charge in [0.15, 0.2) is 5.79 Å². The van der Waals surface area contributed by atoms with Gasteiger partial charge in [-0.3, -0.25) is 9.59 Å². The van der Waals surface area contributed by atoms with Gasteiger partial charge in [-0.2, -0.15) is 0 Å². The Morgan fingerprint density at radius 1 is 1.09 bits per heavy atom. The topological polar surface area (TPSA) is 65.1 Å². The highest BCUT2D eigenvalue weighted by atomic mass is 16.7. The van der Waals surface area contributed by atoms with Gasteiger partial charge < -0.3 is 19.1 Å². The van der Waals surface area contributed by atoms with Crippen molar-refractivity contribution in [2.24, 2.45) is 11.8 Å². The molecule has 2 saturated heterocycles. The van der Waals surface area contributed by atoms with E-state index >= 15 is 0 Å². The van der Waals surface area contributed by atoms with Gasteiger partial charge in [0.25, 0.3) is 0 Å². The lowest BCUT2D eigenvalue weighted by molar-refractivity contribution is -0.185. The van der Waals surface area contributed by atoms with Crippen molar-refractivity contribution in [3.8, 4) is 0 Å². The van der Waals surface area contributed by atoms with Crippen LogP contribution in [0.5, 0.6) is 0 Å². The third-order valence-electron chi connectivity index (χ3n) is 5.18. The monoisotopic (exact) mass is 311 g/mol. The molecule has 3 aliphatic rings. The lowest BCUT2D eigenvalue weighted by Gasteiger charge is -2.38. The Hall–Kier alpha value is -1.14. The number of piperidine rings is 1. The van der Waals surface area contributed by atoms with E-state index in [9.17, 15) is 9.59 Å². The normalized spacial score (nSPS) is 28.8. The highest BCUT2D eigenvalue weighted by Crippen LogP contribution is 2.39. The van der Waals surface area contributed by atoms with Crippen LogP contribution in [0.2, 0.25) is 0 Å². The molecule has 6 heteroatoms. The lowest BCUT2D eigenvalue weighted by atomic mass is 9.83. The summed E-state index contributed by atoms with van der Waals surface area (Å²) in [4.78, 5) is 26.2. The number of hydrogen-bond acceptors (Lipinski definition) is 5. The summed E-state index contributed by atoms with van der Waals surface area (Å²) in [5, 5.41) is 0. The van der Waals surface area contributed by atoms with Crippen LogP contribution in [0.15, 0.2) is 0 Å². The number of carbonyl (C=O) groups is 2. The number of carbonyl (C=O) groups excluding carboxylic acids is 2. The van der Waals surface area contributed by atoms with Crippen molar-refractivity contribution in [3.05, 3.63) is 0 Å². The van der Waals surface area contributed by atoms with E-state index in [0.717, 1.165) is 45.1 Å². The molecule has 0 aromatic heterocycles. The summed E-state index contributed by atoms with van der Waals surface area (Å²) >= 11 is 0. The Labute approximate surface area is 131 Å². The molecule has 0 aromatic rings. The second-order valence-corrected chi connectivity index (χ2v) is 6.53. The van der Waals surface area contributed by atoms with Crippen LogP contribution >= 0.6 is 0 Å². The molecule has 3 fully saturated rings. The van der Waals surface area contributed by atoms with E-state index in [2.05, 4.69) is 0 Å². The van der Waals surface area contributed by atoms with Crippen molar-refractivity contribution in [2.45, 2.75) is 44.3 Å². The van der Waals surface area contributed by atoms with Crippen LogP contribution in [0.25, 0.3) is 0 Å². The van der Waals surface area contributed by atoms with Crippen LogP contribution < -0.4 is 0 Å². The van der Waals surface area contributed by atoms with Crippen molar-refractivity contribution >= 4 is 11.9 Å². The van der Waals surface area contributed by atoms with E-state index in [4.69, 9.17) is 14.2 Å². The van der Waals surface area contributed by atoms with Crippen molar-refractivity contribution < 1.29 is 23.8 Å². The number of nitrogens with zero attached hydrogens (tertiary/aromatic N) is 1. The van der Waals surface area contributed by atoms with Crippen LogP contribution in [0, 0.1) is 11.8 Å². The Balaban J connectivity index is 1.54. The minimum Gasteiger partial charge on any atom is -0.469 e. The molecule has 22 heavy (non-hydrogen) atoms. The second kappa shape index (κ2) is 6.54. The fourth-order valence-electron chi connectivity index (χ4n) is 3.88. The van der Waals surface area contributed by atoms with Gasteiger partial charge in [0.05, 0.1) is 26.2 Å². The average Bonchev–Trinajstić information content (AvgIpc) is 3.02. The van der Waals surface area contributed by atoms with Gasteiger partial charge in [0.2, 0.25) is 5.91 Å². The van der Waals surface area contributed by atoms with Crippen molar-refractivity contribution in [1.29, 1.82) is 0 Å². The lowest BCUT2D eigenvalue weighted by Crippen LogP contribution is -2.47. The summed E-state index contributed by atoms with van der Waals surface area (Å²) in [6, 6.07) is 0. The standard InChI is InChI=1S/C16H25NO5/c1-20-15(19)13-3-2-8-17(11-13)14(18)12-4-6-16(7-5-12)21-9-10-22-16/h12-13H,2-11H2,1H3. The second-order valence-electron chi connectivity index (χ2n) is 6.53. The van der Waals surface area contributed by atoms with Gasteiger partial charge in [-0.05, 0) is 25.7 Å². The Kier molecular flexibility index (Phi) is 4.68. The summed E-state index contributed by atoms with van der Waals surface area (Å²) in [5.41, 5.74) is 0.